The van der Waals surface area contributed by atoms with Crippen LogP contribution in [0.5, 0.6) is 0 Å². The van der Waals surface area contributed by atoms with Crippen LogP contribution in [-0.4, -0.2) is 43.0 Å². The molecule has 0 atom stereocenters. The van der Waals surface area contributed by atoms with Crippen molar-refractivity contribution in [2.24, 2.45) is 0 Å². The van der Waals surface area contributed by atoms with Gasteiger partial charge in [0.15, 0.2) is 5.13 Å². The molecule has 7 heteroatoms. The molecule has 0 aliphatic heterocycles. The van der Waals surface area contributed by atoms with Crippen LogP contribution in [0.25, 0.3) is 10.2 Å². The molecule has 0 saturated carbocycles. The van der Waals surface area contributed by atoms with Crippen LogP contribution in [0.15, 0.2) is 35.7 Å². The summed E-state index contributed by atoms with van der Waals surface area (Å²) < 4.78 is 14.2. The van der Waals surface area contributed by atoms with Gasteiger partial charge < -0.3 is 4.90 Å². The third-order valence-corrected chi connectivity index (χ3v) is 5.68. The predicted molar refractivity (Wildman–Crippen MR) is 103 cm³/mol. The van der Waals surface area contributed by atoms with Gasteiger partial charge in [-0.2, -0.15) is 0 Å². The van der Waals surface area contributed by atoms with Crippen molar-refractivity contribution in [3.8, 4) is 0 Å². The molecule has 0 radical (unpaired) electrons. The van der Waals surface area contributed by atoms with Crippen molar-refractivity contribution in [1.29, 1.82) is 0 Å². The number of thiazole rings is 1. The first-order chi connectivity index (χ1) is 12.0. The number of rotatable bonds is 7. The molecule has 3 aromatic rings. The zero-order valence-electron chi connectivity index (χ0n) is 14.2. The Labute approximate surface area is 154 Å². The number of carbonyl (C=O) groups excluding carboxylic acids is 1. The third-order valence-electron chi connectivity index (χ3n) is 3.76. The standard InChI is InChI=1S/C18H20FN3OS2/c1-21(2)8-4-9-22(17(23)12-14-5-3-10-24-14)18-20-15-7-6-13(19)11-16(15)25-18/h3,5-7,10-11H,4,8-9,12H2,1-2H3. The first kappa shape index (κ1) is 18.0. The summed E-state index contributed by atoms with van der Waals surface area (Å²) in [4.78, 5) is 22.3. The van der Waals surface area contributed by atoms with Gasteiger partial charge in [-0.15, -0.1) is 11.3 Å². The highest BCUT2D eigenvalue weighted by atomic mass is 32.1. The molecule has 0 aliphatic carbocycles. The minimum absolute atomic E-state index is 0.0285. The first-order valence-electron chi connectivity index (χ1n) is 8.06. The fraction of sp³-hybridized carbons (Fsp3) is 0.333. The Morgan fingerprint density at radius 2 is 2.08 bits per heavy atom. The zero-order valence-corrected chi connectivity index (χ0v) is 15.9. The molecule has 1 amide bonds. The maximum atomic E-state index is 13.4. The summed E-state index contributed by atoms with van der Waals surface area (Å²) in [5, 5.41) is 2.61. The van der Waals surface area contributed by atoms with E-state index in [-0.39, 0.29) is 11.7 Å². The van der Waals surface area contributed by atoms with Crippen LogP contribution >= 0.6 is 22.7 Å². The SMILES string of the molecule is CN(C)CCCN(C(=O)Cc1cccs1)c1nc2ccc(F)cc2s1. The van der Waals surface area contributed by atoms with Crippen molar-refractivity contribution in [3.63, 3.8) is 0 Å². The monoisotopic (exact) mass is 377 g/mol. The summed E-state index contributed by atoms with van der Waals surface area (Å²) >= 11 is 2.94. The van der Waals surface area contributed by atoms with Gasteiger partial charge in [-0.3, -0.25) is 9.69 Å². The van der Waals surface area contributed by atoms with Crippen molar-refractivity contribution in [2.45, 2.75) is 12.8 Å². The molecule has 3 rings (SSSR count). The van der Waals surface area contributed by atoms with E-state index < -0.39 is 0 Å². The van der Waals surface area contributed by atoms with E-state index in [1.54, 1.807) is 22.3 Å². The van der Waals surface area contributed by atoms with E-state index in [1.807, 2.05) is 31.6 Å². The van der Waals surface area contributed by atoms with Gasteiger partial charge in [0.2, 0.25) is 5.91 Å². The van der Waals surface area contributed by atoms with E-state index in [1.165, 1.54) is 23.5 Å². The smallest absolute Gasteiger partial charge is 0.234 e. The molecule has 4 nitrogen and oxygen atoms in total. The quantitative estimate of drug-likeness (QED) is 0.624. The minimum Gasteiger partial charge on any atom is -0.309 e. The largest absolute Gasteiger partial charge is 0.309 e. The van der Waals surface area contributed by atoms with Crippen LogP contribution in [0.2, 0.25) is 0 Å². The lowest BCUT2D eigenvalue weighted by molar-refractivity contribution is -0.118. The number of carbonyl (C=O) groups is 1. The van der Waals surface area contributed by atoms with Gasteiger partial charge in [0.1, 0.15) is 5.82 Å². The molecule has 2 heterocycles. The van der Waals surface area contributed by atoms with Gasteiger partial charge in [-0.25, -0.2) is 9.37 Å². The Morgan fingerprint density at radius 1 is 1.24 bits per heavy atom. The first-order valence-corrected chi connectivity index (χ1v) is 9.76. The normalized spacial score (nSPS) is 11.4. The van der Waals surface area contributed by atoms with E-state index in [2.05, 4.69) is 9.88 Å². The molecule has 0 aliphatic rings. The van der Waals surface area contributed by atoms with Crippen molar-refractivity contribution in [2.75, 3.05) is 32.1 Å². The molecule has 0 bridgehead atoms. The molecular formula is C18H20FN3OS2. The fourth-order valence-corrected chi connectivity index (χ4v) is 4.26. The van der Waals surface area contributed by atoms with Gasteiger partial charge >= 0.3 is 0 Å². The van der Waals surface area contributed by atoms with Crippen LogP contribution in [0.4, 0.5) is 9.52 Å². The molecule has 1 aromatic carbocycles. The van der Waals surface area contributed by atoms with E-state index >= 15 is 0 Å². The molecule has 25 heavy (non-hydrogen) atoms. The second-order valence-corrected chi connectivity index (χ2v) is 8.11. The van der Waals surface area contributed by atoms with E-state index in [9.17, 15) is 9.18 Å². The van der Waals surface area contributed by atoms with Crippen molar-refractivity contribution >= 4 is 43.9 Å². The molecule has 2 aromatic heterocycles. The van der Waals surface area contributed by atoms with Gasteiger partial charge in [-0.05, 0) is 56.7 Å². The van der Waals surface area contributed by atoms with Gasteiger partial charge in [0, 0.05) is 11.4 Å². The van der Waals surface area contributed by atoms with Crippen LogP contribution in [0.3, 0.4) is 0 Å². The molecular weight excluding hydrogens is 357 g/mol. The summed E-state index contributed by atoms with van der Waals surface area (Å²) in [5.74, 6) is -0.257. The minimum atomic E-state index is -0.285. The zero-order chi connectivity index (χ0) is 17.8. The second kappa shape index (κ2) is 8.03. The number of hydrogen-bond acceptors (Lipinski definition) is 5. The lowest BCUT2D eigenvalue weighted by Crippen LogP contribution is -2.34. The highest BCUT2D eigenvalue weighted by Crippen LogP contribution is 2.30. The Morgan fingerprint density at radius 3 is 2.80 bits per heavy atom. The highest BCUT2D eigenvalue weighted by molar-refractivity contribution is 7.22. The fourth-order valence-electron chi connectivity index (χ4n) is 2.53. The number of nitrogens with zero attached hydrogens (tertiary/aromatic N) is 3. The van der Waals surface area contributed by atoms with Crippen molar-refractivity contribution in [3.05, 3.63) is 46.4 Å². The molecule has 0 saturated heterocycles. The molecule has 0 unspecified atom stereocenters. The van der Waals surface area contributed by atoms with Crippen LogP contribution in [-0.2, 0) is 11.2 Å². The summed E-state index contributed by atoms with van der Waals surface area (Å²) in [5.41, 5.74) is 0.725. The highest BCUT2D eigenvalue weighted by Gasteiger charge is 2.20. The number of amides is 1. The van der Waals surface area contributed by atoms with Crippen molar-refractivity contribution < 1.29 is 9.18 Å². The molecule has 0 spiro atoms. The predicted octanol–water partition coefficient (Wildman–Crippen LogP) is 4.02. The lowest BCUT2D eigenvalue weighted by Gasteiger charge is -2.20. The van der Waals surface area contributed by atoms with Gasteiger partial charge in [0.05, 0.1) is 16.6 Å². The summed E-state index contributed by atoms with van der Waals surface area (Å²) in [6.07, 6.45) is 1.22. The summed E-state index contributed by atoms with van der Waals surface area (Å²) in [7, 11) is 4.02. The number of fused-ring (bicyclic) bond motifs is 1. The topological polar surface area (TPSA) is 36.4 Å². The second-order valence-electron chi connectivity index (χ2n) is 6.07. The number of benzene rings is 1. The number of aromatic nitrogens is 1. The Balaban J connectivity index is 1.84. The van der Waals surface area contributed by atoms with Crippen molar-refractivity contribution in [1.82, 2.24) is 9.88 Å². The summed E-state index contributed by atoms with van der Waals surface area (Å²) in [6, 6.07) is 8.44. The van der Waals surface area contributed by atoms with E-state index in [4.69, 9.17) is 0 Å². The van der Waals surface area contributed by atoms with E-state index in [0.717, 1.165) is 28.1 Å². The average molecular weight is 378 g/mol. The molecule has 0 N–H and O–H groups in total. The number of halogens is 1. The maximum Gasteiger partial charge on any atom is 0.234 e. The Bertz CT molecular complexity index is 845. The average Bonchev–Trinajstić information content (AvgIpc) is 3.19. The van der Waals surface area contributed by atoms with Crippen LogP contribution in [0, 0.1) is 5.82 Å². The third kappa shape index (κ3) is 4.62. The molecule has 0 fully saturated rings. The molecule has 132 valence electrons. The lowest BCUT2D eigenvalue weighted by atomic mass is 10.3. The Kier molecular flexibility index (Phi) is 5.78. The van der Waals surface area contributed by atoms with Gasteiger partial charge in [-0.1, -0.05) is 17.4 Å². The Hall–Kier alpha value is -1.83. The maximum absolute atomic E-state index is 13.4. The van der Waals surface area contributed by atoms with Crippen LogP contribution in [0.1, 0.15) is 11.3 Å². The number of hydrogen-bond donors (Lipinski definition) is 0. The summed E-state index contributed by atoms with van der Waals surface area (Å²) in [6.45, 7) is 1.49. The number of thiophene rings is 1. The van der Waals surface area contributed by atoms with E-state index in [0.29, 0.717) is 18.1 Å². The van der Waals surface area contributed by atoms with Crippen LogP contribution < -0.4 is 4.90 Å². The van der Waals surface area contributed by atoms with Gasteiger partial charge in [0.25, 0.3) is 0 Å². The number of anilines is 1.